The lowest BCUT2D eigenvalue weighted by molar-refractivity contribution is -0.136. The zero-order valence-corrected chi connectivity index (χ0v) is 40.7. The van der Waals surface area contributed by atoms with Crippen molar-refractivity contribution in [3.05, 3.63) is 150 Å². The number of aromatic amines is 2. The number of carbonyl (C=O) groups is 3. The lowest BCUT2D eigenvalue weighted by atomic mass is 9.81. The Morgan fingerprint density at radius 3 is 1.90 bits per heavy atom. The van der Waals surface area contributed by atoms with Crippen LogP contribution >= 0.6 is 0 Å². The summed E-state index contributed by atoms with van der Waals surface area (Å²) in [4.78, 5) is 64.9. The highest BCUT2D eigenvalue weighted by Crippen LogP contribution is 2.57. The fourth-order valence-corrected chi connectivity index (χ4v) is 12.1. The fraction of sp³-hybridized carbons (Fsp3) is 0.362. The zero-order valence-electron chi connectivity index (χ0n) is 40.7. The Balaban J connectivity index is 0.826. The van der Waals surface area contributed by atoms with Crippen molar-refractivity contribution in [2.24, 2.45) is 11.8 Å². The van der Waals surface area contributed by atoms with Crippen LogP contribution in [0.25, 0.3) is 44.5 Å². The molecule has 3 saturated heterocycles. The van der Waals surface area contributed by atoms with Gasteiger partial charge in [-0.05, 0) is 126 Å². The molecular weight excluding hydrogens is 873 g/mol. The van der Waals surface area contributed by atoms with Crippen molar-refractivity contribution in [3.8, 4) is 39.3 Å². The molecule has 70 heavy (non-hydrogen) atoms. The van der Waals surface area contributed by atoms with E-state index in [0.29, 0.717) is 24.4 Å². The molecule has 2 bridgehead atoms. The summed E-state index contributed by atoms with van der Waals surface area (Å²) in [5.41, 5.74) is 12.5. The fourth-order valence-electron chi connectivity index (χ4n) is 12.1. The van der Waals surface area contributed by atoms with Crippen LogP contribution in [-0.2, 0) is 9.59 Å². The SMILES string of the molecule is CC(C)C(C(=O)N1CCC[C@H]1c1ncc(-c2ccc(-c3ccc(-c4ccc5nc([C@@H]6CCCN6C(=O)[C@@H](NC(=O)Oc6ccccc6)C(C)C)[nH]c5c4)c4c3C3CCC4N3C)cc2)[nH]1)c1ccccc1. The summed E-state index contributed by atoms with van der Waals surface area (Å²) in [5.74, 6) is 1.91. The first-order valence-electron chi connectivity index (χ1n) is 25.3. The Bertz CT molecular complexity index is 3050. The summed E-state index contributed by atoms with van der Waals surface area (Å²) in [7, 11) is 2.27. The van der Waals surface area contributed by atoms with Crippen molar-refractivity contribution < 1.29 is 19.1 Å². The average Bonchev–Trinajstić information content (AvgIpc) is 4.25. The molecule has 5 aromatic carbocycles. The van der Waals surface area contributed by atoms with E-state index in [0.717, 1.165) is 90.1 Å². The highest BCUT2D eigenvalue weighted by molar-refractivity contribution is 5.89. The summed E-state index contributed by atoms with van der Waals surface area (Å²) >= 11 is 0. The number of carbonyl (C=O) groups excluding carboxylic acids is 3. The van der Waals surface area contributed by atoms with Crippen molar-refractivity contribution in [2.45, 2.75) is 102 Å². The van der Waals surface area contributed by atoms with Crippen LogP contribution in [0.3, 0.4) is 0 Å². The lowest BCUT2D eigenvalue weighted by Crippen LogP contribution is -2.51. The van der Waals surface area contributed by atoms with Crippen LogP contribution in [0.4, 0.5) is 4.79 Å². The summed E-state index contributed by atoms with van der Waals surface area (Å²) in [6.45, 7) is 9.46. The number of para-hydroxylation sites is 1. The third kappa shape index (κ3) is 8.25. The molecule has 0 saturated carbocycles. The number of H-pyrrole nitrogens is 2. The standard InChI is InChI=1S/C58H62N8O4/c1-34(2)50(38-14-8-6-9-15-38)56(67)65-30-12-18-48(65)54-59-33-45(62-54)37-22-20-36(21-23-37)41-25-26-42(52-47-29-28-46(51(41)52)64(47)5)39-24-27-43-44(32-39)61-55(60-43)49-19-13-31-66(49)57(68)53(35(3)4)63-58(69)70-40-16-10-7-11-17-40/h6-11,14-17,20-27,32-35,46-50,53H,12-13,18-19,28-31H2,1-5H3,(H,59,62)(H,60,61)(H,63,69)/t46?,47?,48-,49-,50?,53-/m0/s1. The maximum atomic E-state index is 14.2. The Hall–Kier alpha value is -7.05. The van der Waals surface area contributed by atoms with E-state index in [1.54, 1.807) is 24.3 Å². The van der Waals surface area contributed by atoms with Crippen molar-refractivity contribution in [1.29, 1.82) is 0 Å². The van der Waals surface area contributed by atoms with Crippen LogP contribution in [-0.4, -0.2) is 78.7 Å². The van der Waals surface area contributed by atoms with E-state index < -0.39 is 12.1 Å². The molecule has 12 heteroatoms. The molecule has 11 rings (SSSR count). The first-order valence-corrected chi connectivity index (χ1v) is 25.3. The van der Waals surface area contributed by atoms with Gasteiger partial charge in [-0.3, -0.25) is 14.5 Å². The van der Waals surface area contributed by atoms with Crippen molar-refractivity contribution in [2.75, 3.05) is 20.1 Å². The number of amides is 3. The highest BCUT2D eigenvalue weighted by atomic mass is 16.6. The topological polar surface area (TPSA) is 140 Å². The zero-order chi connectivity index (χ0) is 48.2. The first kappa shape index (κ1) is 45.4. The van der Waals surface area contributed by atoms with E-state index in [2.05, 4.69) is 113 Å². The van der Waals surface area contributed by atoms with Gasteiger partial charge in [-0.25, -0.2) is 14.8 Å². The Labute approximate surface area is 409 Å². The molecule has 12 nitrogen and oxygen atoms in total. The second kappa shape index (κ2) is 18.7. The van der Waals surface area contributed by atoms with Gasteiger partial charge in [-0.15, -0.1) is 0 Å². The first-order chi connectivity index (χ1) is 34.0. The number of benzene rings is 5. The van der Waals surface area contributed by atoms with E-state index in [1.807, 2.05) is 49.2 Å². The van der Waals surface area contributed by atoms with Crippen LogP contribution in [0.5, 0.6) is 5.75 Å². The maximum Gasteiger partial charge on any atom is 0.413 e. The van der Waals surface area contributed by atoms with Gasteiger partial charge in [0, 0.05) is 25.2 Å². The molecule has 6 heterocycles. The molecule has 4 aliphatic heterocycles. The third-order valence-corrected chi connectivity index (χ3v) is 15.5. The summed E-state index contributed by atoms with van der Waals surface area (Å²) in [5, 5.41) is 2.85. The second-order valence-electron chi connectivity index (χ2n) is 20.5. The van der Waals surface area contributed by atoms with Gasteiger partial charge in [0.1, 0.15) is 23.4 Å². The molecule has 7 aromatic rings. The van der Waals surface area contributed by atoms with Gasteiger partial charge in [0.15, 0.2) is 0 Å². The molecular formula is C58H62N8O4. The van der Waals surface area contributed by atoms with Gasteiger partial charge >= 0.3 is 6.09 Å². The number of hydrogen-bond acceptors (Lipinski definition) is 7. The van der Waals surface area contributed by atoms with Crippen molar-refractivity contribution in [1.82, 2.24) is 40.0 Å². The number of ether oxygens (including phenoxy) is 1. The molecule has 3 unspecified atom stereocenters. The van der Waals surface area contributed by atoms with Gasteiger partial charge in [-0.2, -0.15) is 0 Å². The van der Waals surface area contributed by atoms with Crippen LogP contribution in [0.15, 0.2) is 121 Å². The molecule has 3 N–H and O–H groups in total. The molecule has 0 radical (unpaired) electrons. The highest BCUT2D eigenvalue weighted by Gasteiger charge is 2.45. The van der Waals surface area contributed by atoms with Gasteiger partial charge in [0.2, 0.25) is 11.8 Å². The van der Waals surface area contributed by atoms with Crippen LogP contribution in [0, 0.1) is 11.8 Å². The van der Waals surface area contributed by atoms with Gasteiger partial charge in [-0.1, -0.05) is 119 Å². The largest absolute Gasteiger partial charge is 0.413 e. The van der Waals surface area contributed by atoms with E-state index in [-0.39, 0.29) is 41.7 Å². The predicted octanol–water partition coefficient (Wildman–Crippen LogP) is 11.7. The summed E-state index contributed by atoms with van der Waals surface area (Å²) in [6, 6.07) is 38.6. The number of nitrogens with zero attached hydrogens (tertiary/aromatic N) is 5. The molecule has 4 aliphatic rings. The second-order valence-corrected chi connectivity index (χ2v) is 20.5. The minimum absolute atomic E-state index is 0.0743. The smallest absolute Gasteiger partial charge is 0.410 e. The third-order valence-electron chi connectivity index (χ3n) is 15.5. The van der Waals surface area contributed by atoms with Gasteiger partial charge in [0.25, 0.3) is 0 Å². The van der Waals surface area contributed by atoms with E-state index in [9.17, 15) is 14.4 Å². The normalized spacial score (nSPS) is 20.7. The van der Waals surface area contributed by atoms with Crippen molar-refractivity contribution in [3.63, 3.8) is 0 Å². The lowest BCUT2D eigenvalue weighted by Gasteiger charge is -2.30. The molecule has 2 aromatic heterocycles. The molecule has 6 atom stereocenters. The van der Waals surface area contributed by atoms with Crippen LogP contribution in [0.2, 0.25) is 0 Å². The van der Waals surface area contributed by atoms with Crippen LogP contribution in [0.1, 0.15) is 125 Å². The predicted molar refractivity (Wildman–Crippen MR) is 273 cm³/mol. The Morgan fingerprint density at radius 1 is 0.643 bits per heavy atom. The molecule has 3 amide bonds. The maximum absolute atomic E-state index is 14.2. The number of aromatic nitrogens is 4. The quantitative estimate of drug-likeness (QED) is 0.111. The molecule has 0 aliphatic carbocycles. The molecule has 358 valence electrons. The van der Waals surface area contributed by atoms with Gasteiger partial charge < -0.3 is 29.8 Å². The van der Waals surface area contributed by atoms with Gasteiger partial charge in [0.05, 0.1) is 40.9 Å². The average molecular weight is 935 g/mol. The summed E-state index contributed by atoms with van der Waals surface area (Å²) < 4.78 is 5.49. The molecule has 0 spiro atoms. The number of imidazole rings is 2. The molecule has 3 fully saturated rings. The number of hydrogen-bond donors (Lipinski definition) is 3. The number of nitrogens with one attached hydrogen (secondary N) is 3. The van der Waals surface area contributed by atoms with Crippen molar-refractivity contribution >= 4 is 28.9 Å². The number of likely N-dealkylation sites (tertiary alicyclic amines) is 2. The monoisotopic (exact) mass is 934 g/mol. The summed E-state index contributed by atoms with van der Waals surface area (Å²) in [6.07, 6.45) is 6.99. The van der Waals surface area contributed by atoms with E-state index >= 15 is 0 Å². The minimum atomic E-state index is -0.745. The van der Waals surface area contributed by atoms with Crippen LogP contribution < -0.4 is 10.1 Å². The van der Waals surface area contributed by atoms with E-state index in [1.165, 1.54) is 27.8 Å². The Morgan fingerprint density at radius 2 is 1.24 bits per heavy atom. The number of fused-ring (bicyclic) bond motifs is 6. The Kier molecular flexibility index (Phi) is 12.1. The number of rotatable bonds is 12. The minimum Gasteiger partial charge on any atom is -0.410 e. The van der Waals surface area contributed by atoms with E-state index in [4.69, 9.17) is 14.7 Å².